The minimum Gasteiger partial charge on any atom is -0.316 e. The van der Waals surface area contributed by atoms with Crippen molar-refractivity contribution in [3.63, 3.8) is 0 Å². The zero-order valence-electron chi connectivity index (χ0n) is 5.18. The summed E-state index contributed by atoms with van der Waals surface area (Å²) in [6.45, 7) is 4.32. The largest absolute Gasteiger partial charge is 0.316 e. The zero-order valence-corrected chi connectivity index (χ0v) is 6.89. The Morgan fingerprint density at radius 3 is 2.38 bits per heavy atom. The molecule has 0 aromatic carbocycles. The van der Waals surface area contributed by atoms with E-state index in [2.05, 4.69) is 24.9 Å². The first-order chi connectivity index (χ1) is 3.41. The Hall–Kier alpha value is 0.600. The maximum atomic E-state index is 4.03. The third kappa shape index (κ3) is 9.78. The van der Waals surface area contributed by atoms with Gasteiger partial charge in [-0.1, -0.05) is 6.92 Å². The lowest BCUT2D eigenvalue weighted by Gasteiger charge is -1.95. The van der Waals surface area contributed by atoms with Crippen molar-refractivity contribution in [1.29, 1.82) is 0 Å². The van der Waals surface area contributed by atoms with Gasteiger partial charge in [-0.05, 0) is 13.0 Å². The lowest BCUT2D eigenvalue weighted by atomic mass is 10.5. The van der Waals surface area contributed by atoms with Crippen LogP contribution in [-0.2, 0) is 0 Å². The maximum Gasteiger partial charge on any atom is 0.00397 e. The zero-order chi connectivity index (χ0) is 5.54. The highest BCUT2D eigenvalue weighted by atomic mass is 35.5. The van der Waals surface area contributed by atoms with E-state index < -0.39 is 0 Å². The maximum absolute atomic E-state index is 4.03. The molecule has 0 fully saturated rings. The fourth-order valence-electron chi connectivity index (χ4n) is 0.381. The Morgan fingerprint density at radius 2 is 2.00 bits per heavy atom. The highest BCUT2D eigenvalue weighted by Crippen LogP contribution is 1.70. The molecule has 52 valence electrons. The van der Waals surface area contributed by atoms with Crippen LogP contribution in [0.5, 0.6) is 0 Å². The van der Waals surface area contributed by atoms with Gasteiger partial charge in [0.1, 0.15) is 0 Å². The highest BCUT2D eigenvalue weighted by Gasteiger charge is 1.77. The molecule has 0 atom stereocenters. The first-order valence-corrected chi connectivity index (χ1v) is 3.36. The van der Waals surface area contributed by atoms with Crippen molar-refractivity contribution in [3.05, 3.63) is 0 Å². The van der Waals surface area contributed by atoms with Crippen molar-refractivity contribution in [2.45, 2.75) is 13.3 Å². The van der Waals surface area contributed by atoms with Crippen LogP contribution in [0.1, 0.15) is 13.3 Å². The number of thiol groups is 1. The van der Waals surface area contributed by atoms with Gasteiger partial charge in [0, 0.05) is 12.3 Å². The Balaban J connectivity index is 0. The minimum atomic E-state index is 0. The summed E-state index contributed by atoms with van der Waals surface area (Å²) >= 11 is 4.03. The Bertz CT molecular complexity index is 31.6. The van der Waals surface area contributed by atoms with Gasteiger partial charge in [0.2, 0.25) is 0 Å². The van der Waals surface area contributed by atoms with Crippen molar-refractivity contribution in [2.24, 2.45) is 0 Å². The quantitative estimate of drug-likeness (QED) is 0.461. The van der Waals surface area contributed by atoms with E-state index in [0.29, 0.717) is 0 Å². The molecule has 0 unspecified atom stereocenters. The second-order valence-electron chi connectivity index (χ2n) is 1.47. The first-order valence-electron chi connectivity index (χ1n) is 2.73. The predicted octanol–water partition coefficient (Wildman–Crippen LogP) is 1.34. The van der Waals surface area contributed by atoms with Gasteiger partial charge < -0.3 is 5.32 Å². The van der Waals surface area contributed by atoms with Gasteiger partial charge in [0.15, 0.2) is 0 Å². The molecule has 0 amide bonds. The first kappa shape index (κ1) is 11.4. The van der Waals surface area contributed by atoms with E-state index in [-0.39, 0.29) is 12.4 Å². The third-order valence-electron chi connectivity index (χ3n) is 0.715. The van der Waals surface area contributed by atoms with Crippen LogP contribution in [0.4, 0.5) is 0 Å². The standard InChI is InChI=1S/C5H13NS.ClH/c1-2-3-6-4-5-7;/h6-7H,2-5H2,1H3;1H. The van der Waals surface area contributed by atoms with Crippen LogP contribution in [0.2, 0.25) is 0 Å². The molecule has 1 N–H and O–H groups in total. The molecule has 0 heterocycles. The van der Waals surface area contributed by atoms with Crippen LogP contribution in [-0.4, -0.2) is 18.8 Å². The van der Waals surface area contributed by atoms with Crippen LogP contribution in [0.15, 0.2) is 0 Å². The van der Waals surface area contributed by atoms with Gasteiger partial charge in [-0.2, -0.15) is 12.6 Å². The monoisotopic (exact) mass is 155 g/mol. The van der Waals surface area contributed by atoms with Crippen molar-refractivity contribution in [2.75, 3.05) is 18.8 Å². The fourth-order valence-corrected chi connectivity index (χ4v) is 0.539. The number of nitrogens with one attached hydrogen (secondary N) is 1. The molecule has 0 spiro atoms. The Morgan fingerprint density at radius 1 is 1.38 bits per heavy atom. The molecular weight excluding hydrogens is 142 g/mol. The van der Waals surface area contributed by atoms with Crippen LogP contribution in [0.25, 0.3) is 0 Å². The van der Waals surface area contributed by atoms with Gasteiger partial charge in [-0.25, -0.2) is 0 Å². The number of hydrogen-bond acceptors (Lipinski definition) is 2. The van der Waals surface area contributed by atoms with Gasteiger partial charge in [-0.3, -0.25) is 0 Å². The average Bonchev–Trinajstić information content (AvgIpc) is 1.69. The molecule has 0 aliphatic rings. The number of rotatable bonds is 4. The number of hydrogen-bond donors (Lipinski definition) is 2. The van der Waals surface area contributed by atoms with E-state index in [9.17, 15) is 0 Å². The smallest absolute Gasteiger partial charge is 0.00397 e. The van der Waals surface area contributed by atoms with E-state index >= 15 is 0 Å². The van der Waals surface area contributed by atoms with Gasteiger partial charge >= 0.3 is 0 Å². The molecule has 3 heteroatoms. The fraction of sp³-hybridized carbons (Fsp3) is 1.00. The molecule has 0 aliphatic heterocycles. The van der Waals surface area contributed by atoms with E-state index in [1.807, 2.05) is 0 Å². The van der Waals surface area contributed by atoms with Gasteiger partial charge in [0.25, 0.3) is 0 Å². The summed E-state index contributed by atoms with van der Waals surface area (Å²) in [5.74, 6) is 0.944. The molecule has 0 radical (unpaired) electrons. The van der Waals surface area contributed by atoms with E-state index in [0.717, 1.165) is 18.8 Å². The normalized spacial score (nSPS) is 8.25. The molecule has 0 bridgehead atoms. The third-order valence-corrected chi connectivity index (χ3v) is 0.939. The van der Waals surface area contributed by atoms with Crippen molar-refractivity contribution in [3.8, 4) is 0 Å². The van der Waals surface area contributed by atoms with Gasteiger partial charge in [0.05, 0.1) is 0 Å². The molecule has 0 saturated heterocycles. The predicted molar refractivity (Wildman–Crippen MR) is 44.3 cm³/mol. The van der Waals surface area contributed by atoms with Crippen LogP contribution >= 0.6 is 25.0 Å². The van der Waals surface area contributed by atoms with E-state index in [1.165, 1.54) is 6.42 Å². The van der Waals surface area contributed by atoms with Crippen molar-refractivity contribution in [1.82, 2.24) is 5.32 Å². The molecule has 8 heavy (non-hydrogen) atoms. The molecule has 0 aromatic heterocycles. The van der Waals surface area contributed by atoms with Gasteiger partial charge in [-0.15, -0.1) is 12.4 Å². The summed E-state index contributed by atoms with van der Waals surface area (Å²) in [7, 11) is 0. The summed E-state index contributed by atoms with van der Waals surface area (Å²) in [6, 6.07) is 0. The summed E-state index contributed by atoms with van der Waals surface area (Å²) in [6.07, 6.45) is 1.22. The van der Waals surface area contributed by atoms with Crippen LogP contribution in [0.3, 0.4) is 0 Å². The van der Waals surface area contributed by atoms with Crippen molar-refractivity contribution < 1.29 is 0 Å². The molecular formula is C5H14ClNS. The summed E-state index contributed by atoms with van der Waals surface area (Å²) in [5.41, 5.74) is 0. The van der Waals surface area contributed by atoms with E-state index in [1.54, 1.807) is 0 Å². The SMILES string of the molecule is CCCNCCS.Cl. The Kier molecular flexibility index (Phi) is 15.0. The number of halogens is 1. The second kappa shape index (κ2) is 10.6. The highest BCUT2D eigenvalue weighted by molar-refractivity contribution is 7.80. The summed E-state index contributed by atoms with van der Waals surface area (Å²) in [4.78, 5) is 0. The molecule has 1 nitrogen and oxygen atoms in total. The molecule has 0 saturated carbocycles. The topological polar surface area (TPSA) is 12.0 Å². The lowest BCUT2D eigenvalue weighted by molar-refractivity contribution is 0.708. The Labute approximate surface area is 63.1 Å². The lowest BCUT2D eigenvalue weighted by Crippen LogP contribution is -2.16. The summed E-state index contributed by atoms with van der Waals surface area (Å²) < 4.78 is 0. The second-order valence-corrected chi connectivity index (χ2v) is 1.92. The molecule has 0 aliphatic carbocycles. The molecule has 0 aromatic rings. The summed E-state index contributed by atoms with van der Waals surface area (Å²) in [5, 5.41) is 3.21. The van der Waals surface area contributed by atoms with E-state index in [4.69, 9.17) is 0 Å². The van der Waals surface area contributed by atoms with Crippen LogP contribution < -0.4 is 5.32 Å². The van der Waals surface area contributed by atoms with Crippen LogP contribution in [0, 0.1) is 0 Å². The average molecular weight is 156 g/mol. The minimum absolute atomic E-state index is 0. The molecule has 0 rings (SSSR count). The van der Waals surface area contributed by atoms with Crippen molar-refractivity contribution >= 4 is 25.0 Å².